The number of nitrogens with zero attached hydrogens (tertiary/aromatic N) is 1. The molecule has 11 heavy (non-hydrogen) atoms. The normalized spacial score (nSPS) is 13.9. The zero-order chi connectivity index (χ0) is 8.69. The minimum Gasteiger partial charge on any atom is -0.304 e. The fraction of sp³-hybridized carbons (Fsp3) is 1.00. The lowest BCUT2D eigenvalue weighted by atomic mass is 10.1. The number of hydrogen-bond acceptors (Lipinski definition) is 2. The maximum atomic E-state index is 4.26. The van der Waals surface area contributed by atoms with Gasteiger partial charge in [0.2, 0.25) is 0 Å². The first kappa shape index (κ1) is 11.3. The Bertz CT molecular complexity index is 81.6. The third kappa shape index (κ3) is 5.57. The van der Waals surface area contributed by atoms with Crippen LogP contribution in [0.4, 0.5) is 0 Å². The highest BCUT2D eigenvalue weighted by molar-refractivity contribution is 7.80. The van der Waals surface area contributed by atoms with E-state index in [4.69, 9.17) is 0 Å². The summed E-state index contributed by atoms with van der Waals surface area (Å²) in [6.45, 7) is 10.3. The Balaban J connectivity index is 3.34. The van der Waals surface area contributed by atoms with Crippen molar-refractivity contribution >= 4 is 12.6 Å². The molecule has 1 nitrogen and oxygen atoms in total. The van der Waals surface area contributed by atoms with E-state index in [9.17, 15) is 0 Å². The average molecular weight is 175 g/mol. The first-order valence-corrected chi connectivity index (χ1v) is 5.21. The van der Waals surface area contributed by atoms with E-state index in [-0.39, 0.29) is 0 Å². The van der Waals surface area contributed by atoms with Crippen LogP contribution >= 0.6 is 12.6 Å². The van der Waals surface area contributed by atoms with Gasteiger partial charge >= 0.3 is 0 Å². The van der Waals surface area contributed by atoms with E-state index in [1.807, 2.05) is 0 Å². The van der Waals surface area contributed by atoms with Gasteiger partial charge in [0, 0.05) is 0 Å². The fourth-order valence-corrected chi connectivity index (χ4v) is 1.22. The van der Waals surface area contributed by atoms with Gasteiger partial charge in [0.05, 0.1) is 0 Å². The van der Waals surface area contributed by atoms with Crippen LogP contribution in [0.25, 0.3) is 0 Å². The second kappa shape index (κ2) is 6.99. The average Bonchev–Trinajstić information content (AvgIpc) is 2.06. The van der Waals surface area contributed by atoms with Crippen molar-refractivity contribution in [2.24, 2.45) is 5.92 Å². The summed E-state index contributed by atoms with van der Waals surface area (Å²) in [5, 5.41) is 0. The number of hydrogen-bond donors (Lipinski definition) is 1. The molecule has 0 spiro atoms. The van der Waals surface area contributed by atoms with Crippen molar-refractivity contribution < 1.29 is 0 Å². The standard InChI is InChI=1S/C9H21NS/c1-4-10(5-2)7-6-9(3)8-11/h9,11H,4-8H2,1-3H3. The van der Waals surface area contributed by atoms with E-state index in [0.29, 0.717) is 0 Å². The molecule has 0 fully saturated rings. The second-order valence-corrected chi connectivity index (χ2v) is 3.47. The quantitative estimate of drug-likeness (QED) is 0.606. The molecule has 0 amide bonds. The van der Waals surface area contributed by atoms with Gasteiger partial charge in [0.1, 0.15) is 0 Å². The van der Waals surface area contributed by atoms with E-state index < -0.39 is 0 Å². The molecule has 0 aliphatic carbocycles. The number of thiol groups is 1. The smallest absolute Gasteiger partial charge is 0.00161 e. The van der Waals surface area contributed by atoms with Crippen LogP contribution in [0, 0.1) is 5.92 Å². The summed E-state index contributed by atoms with van der Waals surface area (Å²) in [6, 6.07) is 0. The lowest BCUT2D eigenvalue weighted by Gasteiger charge is -2.19. The molecule has 0 saturated heterocycles. The largest absolute Gasteiger partial charge is 0.304 e. The van der Waals surface area contributed by atoms with E-state index in [2.05, 4.69) is 38.3 Å². The molecule has 0 saturated carbocycles. The molecule has 68 valence electrons. The lowest BCUT2D eigenvalue weighted by Crippen LogP contribution is -2.25. The molecular weight excluding hydrogens is 154 g/mol. The van der Waals surface area contributed by atoms with Crippen LogP contribution in [0.2, 0.25) is 0 Å². The van der Waals surface area contributed by atoms with Crippen LogP contribution in [0.5, 0.6) is 0 Å². The molecule has 2 heteroatoms. The van der Waals surface area contributed by atoms with Gasteiger partial charge in [-0.05, 0) is 37.7 Å². The third-order valence-corrected chi connectivity index (χ3v) is 2.77. The first-order chi connectivity index (χ1) is 5.24. The summed E-state index contributed by atoms with van der Waals surface area (Å²) < 4.78 is 0. The summed E-state index contributed by atoms with van der Waals surface area (Å²) in [7, 11) is 0. The molecule has 1 unspecified atom stereocenters. The maximum Gasteiger partial charge on any atom is -0.00161 e. The summed E-state index contributed by atoms with van der Waals surface area (Å²) in [5.74, 6) is 1.78. The topological polar surface area (TPSA) is 3.24 Å². The molecule has 0 radical (unpaired) electrons. The molecule has 1 atom stereocenters. The first-order valence-electron chi connectivity index (χ1n) is 4.57. The lowest BCUT2D eigenvalue weighted by molar-refractivity contribution is 0.285. The monoisotopic (exact) mass is 175 g/mol. The van der Waals surface area contributed by atoms with Gasteiger partial charge in [-0.3, -0.25) is 0 Å². The van der Waals surface area contributed by atoms with Gasteiger partial charge in [0.25, 0.3) is 0 Å². The van der Waals surface area contributed by atoms with Crippen LogP contribution in [0.3, 0.4) is 0 Å². The molecule has 0 aromatic heterocycles. The van der Waals surface area contributed by atoms with Crippen LogP contribution in [-0.2, 0) is 0 Å². The molecule has 0 rings (SSSR count). The predicted molar refractivity (Wildman–Crippen MR) is 55.4 cm³/mol. The summed E-state index contributed by atoms with van der Waals surface area (Å²) in [5.41, 5.74) is 0. The van der Waals surface area contributed by atoms with Gasteiger partial charge in [-0.1, -0.05) is 20.8 Å². The number of rotatable bonds is 6. The van der Waals surface area contributed by atoms with E-state index in [1.54, 1.807) is 0 Å². The summed E-state index contributed by atoms with van der Waals surface area (Å²) in [6.07, 6.45) is 1.28. The molecular formula is C9H21NS. The summed E-state index contributed by atoms with van der Waals surface area (Å²) >= 11 is 4.26. The van der Waals surface area contributed by atoms with Crippen molar-refractivity contribution in [2.75, 3.05) is 25.4 Å². The Labute approximate surface area is 76.6 Å². The Kier molecular flexibility index (Phi) is 7.18. The maximum absolute atomic E-state index is 4.26. The minimum atomic E-state index is 0.763. The van der Waals surface area contributed by atoms with Gasteiger partial charge in [-0.25, -0.2) is 0 Å². The Hall–Kier alpha value is 0.310. The summed E-state index contributed by atoms with van der Waals surface area (Å²) in [4.78, 5) is 2.46. The Morgan fingerprint density at radius 2 is 1.82 bits per heavy atom. The van der Waals surface area contributed by atoms with Gasteiger partial charge in [0.15, 0.2) is 0 Å². The van der Waals surface area contributed by atoms with Crippen molar-refractivity contribution in [1.82, 2.24) is 4.90 Å². The van der Waals surface area contributed by atoms with Crippen molar-refractivity contribution in [2.45, 2.75) is 27.2 Å². The van der Waals surface area contributed by atoms with Crippen molar-refractivity contribution in [3.05, 3.63) is 0 Å². The van der Waals surface area contributed by atoms with E-state index in [0.717, 1.165) is 11.7 Å². The van der Waals surface area contributed by atoms with Crippen molar-refractivity contribution in [1.29, 1.82) is 0 Å². The molecule has 0 aliphatic rings. The fourth-order valence-electron chi connectivity index (χ4n) is 1.03. The SMILES string of the molecule is CCN(CC)CCC(C)CS. The predicted octanol–water partition coefficient (Wildman–Crippen LogP) is 2.28. The minimum absolute atomic E-state index is 0.763. The molecule has 0 aromatic carbocycles. The van der Waals surface area contributed by atoms with Crippen LogP contribution < -0.4 is 0 Å². The van der Waals surface area contributed by atoms with E-state index in [1.165, 1.54) is 26.1 Å². The van der Waals surface area contributed by atoms with Crippen LogP contribution in [-0.4, -0.2) is 30.3 Å². The van der Waals surface area contributed by atoms with Crippen molar-refractivity contribution in [3.8, 4) is 0 Å². The highest BCUT2D eigenvalue weighted by Gasteiger charge is 2.02. The Morgan fingerprint density at radius 3 is 2.18 bits per heavy atom. The highest BCUT2D eigenvalue weighted by atomic mass is 32.1. The third-order valence-electron chi connectivity index (χ3n) is 2.14. The molecule has 0 N–H and O–H groups in total. The van der Waals surface area contributed by atoms with Gasteiger partial charge < -0.3 is 4.90 Å². The van der Waals surface area contributed by atoms with Gasteiger partial charge in [-0.2, -0.15) is 12.6 Å². The highest BCUT2D eigenvalue weighted by Crippen LogP contribution is 2.04. The van der Waals surface area contributed by atoms with Gasteiger partial charge in [-0.15, -0.1) is 0 Å². The van der Waals surface area contributed by atoms with Crippen LogP contribution in [0.15, 0.2) is 0 Å². The zero-order valence-corrected chi connectivity index (χ0v) is 8.90. The molecule has 0 aromatic rings. The second-order valence-electron chi connectivity index (χ2n) is 3.10. The molecule has 0 heterocycles. The van der Waals surface area contributed by atoms with Crippen LogP contribution in [0.1, 0.15) is 27.2 Å². The van der Waals surface area contributed by atoms with Crippen molar-refractivity contribution in [3.63, 3.8) is 0 Å². The molecule has 0 bridgehead atoms. The van der Waals surface area contributed by atoms with E-state index >= 15 is 0 Å². The molecule has 0 aliphatic heterocycles. The zero-order valence-electron chi connectivity index (χ0n) is 8.01. The Morgan fingerprint density at radius 1 is 1.27 bits per heavy atom.